The van der Waals surface area contributed by atoms with Crippen molar-refractivity contribution in [3.8, 4) is 0 Å². The molecule has 0 radical (unpaired) electrons. The second-order valence-electron chi connectivity index (χ2n) is 10.3. The van der Waals surface area contributed by atoms with Gasteiger partial charge in [0.25, 0.3) is 0 Å². The van der Waals surface area contributed by atoms with Crippen LogP contribution >= 0.6 is 0 Å². The number of fused-ring (bicyclic) bond motifs is 3. The third kappa shape index (κ3) is 1.93. The molecular weight excluding hydrogens is 288 g/mol. The van der Waals surface area contributed by atoms with Gasteiger partial charge in [0, 0.05) is 0 Å². The van der Waals surface area contributed by atoms with E-state index >= 15 is 0 Å². The third-order valence-electron chi connectivity index (χ3n) is 9.12. The summed E-state index contributed by atoms with van der Waals surface area (Å²) >= 11 is 0. The highest BCUT2D eigenvalue weighted by molar-refractivity contribution is 5.17. The predicted molar refractivity (Wildman–Crippen MR) is 89.8 cm³/mol. The molecule has 3 heteroatoms. The van der Waals surface area contributed by atoms with Crippen molar-refractivity contribution in [3.63, 3.8) is 0 Å². The minimum atomic E-state index is -0.832. The maximum Gasteiger partial charge on any atom is 0.0910 e. The molecule has 4 aliphatic rings. The van der Waals surface area contributed by atoms with Crippen molar-refractivity contribution < 1.29 is 15.3 Å². The summed E-state index contributed by atoms with van der Waals surface area (Å²) in [5.74, 6) is 1.53. The van der Waals surface area contributed by atoms with E-state index in [1.54, 1.807) is 0 Å². The molecule has 1 spiro atoms. The monoisotopic (exact) mass is 322 g/mol. The molecular formula is C20H34O3. The molecule has 0 aromatic carbocycles. The van der Waals surface area contributed by atoms with E-state index in [1.165, 1.54) is 19.3 Å². The zero-order valence-corrected chi connectivity index (χ0v) is 15.0. The number of aliphatic hydroxyl groups excluding tert-OH is 2. The maximum absolute atomic E-state index is 10.9. The van der Waals surface area contributed by atoms with Gasteiger partial charge in [0.1, 0.15) is 0 Å². The van der Waals surface area contributed by atoms with E-state index in [1.807, 2.05) is 0 Å². The fourth-order valence-corrected chi connectivity index (χ4v) is 8.02. The third-order valence-corrected chi connectivity index (χ3v) is 9.12. The van der Waals surface area contributed by atoms with Crippen LogP contribution in [0.25, 0.3) is 0 Å². The van der Waals surface area contributed by atoms with Crippen LogP contribution in [0.2, 0.25) is 0 Å². The van der Waals surface area contributed by atoms with Crippen molar-refractivity contribution in [2.24, 2.45) is 34.0 Å². The minimum absolute atomic E-state index is 0.00263. The molecule has 0 aromatic heterocycles. The summed E-state index contributed by atoms with van der Waals surface area (Å²) in [4.78, 5) is 0. The Morgan fingerprint density at radius 1 is 0.957 bits per heavy atom. The van der Waals surface area contributed by atoms with Gasteiger partial charge in [0.15, 0.2) is 0 Å². The van der Waals surface area contributed by atoms with Gasteiger partial charge in [-0.3, -0.25) is 0 Å². The van der Waals surface area contributed by atoms with Crippen molar-refractivity contribution in [2.75, 3.05) is 6.61 Å². The van der Waals surface area contributed by atoms with E-state index in [0.717, 1.165) is 32.1 Å². The number of aliphatic hydroxyl groups is 3. The molecule has 0 aromatic rings. The van der Waals surface area contributed by atoms with Crippen LogP contribution in [-0.4, -0.2) is 33.6 Å². The Labute approximate surface area is 140 Å². The Balaban J connectivity index is 1.72. The van der Waals surface area contributed by atoms with Crippen molar-refractivity contribution in [2.45, 2.75) is 83.8 Å². The van der Waals surface area contributed by atoms with Crippen molar-refractivity contribution in [3.05, 3.63) is 0 Å². The first-order valence-corrected chi connectivity index (χ1v) is 9.69. The first-order chi connectivity index (χ1) is 10.7. The molecule has 23 heavy (non-hydrogen) atoms. The van der Waals surface area contributed by atoms with Crippen LogP contribution in [0.3, 0.4) is 0 Å². The van der Waals surface area contributed by atoms with E-state index in [4.69, 9.17) is 0 Å². The molecule has 0 heterocycles. The van der Waals surface area contributed by atoms with Crippen LogP contribution in [0, 0.1) is 34.0 Å². The fraction of sp³-hybridized carbons (Fsp3) is 1.00. The average molecular weight is 322 g/mol. The van der Waals surface area contributed by atoms with E-state index in [9.17, 15) is 15.3 Å². The lowest BCUT2D eigenvalue weighted by Crippen LogP contribution is -2.59. The molecule has 7 atom stereocenters. The summed E-state index contributed by atoms with van der Waals surface area (Å²) in [7, 11) is 0. The molecule has 2 bridgehead atoms. The summed E-state index contributed by atoms with van der Waals surface area (Å²) in [5, 5.41) is 31.3. The summed E-state index contributed by atoms with van der Waals surface area (Å²) < 4.78 is 0. The number of hydrogen-bond acceptors (Lipinski definition) is 3. The van der Waals surface area contributed by atoms with Crippen LogP contribution in [-0.2, 0) is 0 Å². The molecule has 3 N–H and O–H groups in total. The van der Waals surface area contributed by atoms with Gasteiger partial charge in [-0.15, -0.1) is 0 Å². The Hall–Kier alpha value is -0.120. The minimum Gasteiger partial charge on any atom is -0.393 e. The molecule has 132 valence electrons. The number of hydrogen-bond donors (Lipinski definition) is 3. The second-order valence-corrected chi connectivity index (χ2v) is 10.3. The lowest BCUT2D eigenvalue weighted by Gasteiger charge is -2.64. The van der Waals surface area contributed by atoms with E-state index in [-0.39, 0.29) is 29.0 Å². The quantitative estimate of drug-likeness (QED) is 0.695. The van der Waals surface area contributed by atoms with Crippen molar-refractivity contribution in [1.29, 1.82) is 0 Å². The van der Waals surface area contributed by atoms with Crippen LogP contribution in [0.1, 0.15) is 72.1 Å². The van der Waals surface area contributed by atoms with Gasteiger partial charge >= 0.3 is 0 Å². The average Bonchev–Trinajstić information content (AvgIpc) is 2.70. The Kier molecular flexibility index (Phi) is 3.37. The van der Waals surface area contributed by atoms with Gasteiger partial charge in [0.05, 0.1) is 18.3 Å². The van der Waals surface area contributed by atoms with Gasteiger partial charge in [-0.1, -0.05) is 20.8 Å². The SMILES string of the molecule is CC1(C)C(O)CC[C@]2(C)[C@@H]1CC[C@@]13C[C@@H](CC[C@H]12)[C@](O)(CO)C3. The molecule has 4 fully saturated rings. The number of rotatable bonds is 1. The summed E-state index contributed by atoms with van der Waals surface area (Å²) in [5.41, 5.74) is -0.310. The smallest absolute Gasteiger partial charge is 0.0910 e. The van der Waals surface area contributed by atoms with Gasteiger partial charge < -0.3 is 15.3 Å². The molecule has 4 saturated carbocycles. The highest BCUT2D eigenvalue weighted by Crippen LogP contribution is 2.72. The molecule has 4 aliphatic carbocycles. The van der Waals surface area contributed by atoms with Gasteiger partial charge in [0.2, 0.25) is 0 Å². The Bertz CT molecular complexity index is 503. The molecule has 0 saturated heterocycles. The fourth-order valence-electron chi connectivity index (χ4n) is 8.02. The van der Waals surface area contributed by atoms with E-state index in [0.29, 0.717) is 17.8 Å². The Morgan fingerprint density at radius 2 is 1.70 bits per heavy atom. The molecule has 4 rings (SSSR count). The van der Waals surface area contributed by atoms with Gasteiger partial charge in [-0.2, -0.15) is 0 Å². The highest BCUT2D eigenvalue weighted by Gasteiger charge is 2.67. The predicted octanol–water partition coefficient (Wildman–Crippen LogP) is 3.11. The van der Waals surface area contributed by atoms with Gasteiger partial charge in [-0.05, 0) is 85.4 Å². The molecule has 3 nitrogen and oxygen atoms in total. The maximum atomic E-state index is 10.9. The standard InChI is InChI=1S/C20H34O3/c1-17(2)14-6-9-19-10-13(20(23,11-19)12-21)4-5-15(19)18(14,3)8-7-16(17)22/h13-16,21-23H,4-12H2,1-3H3/t13-,14-,15+,16?,18-,19+,20-/m1/s1. The van der Waals surface area contributed by atoms with Crippen molar-refractivity contribution in [1.82, 2.24) is 0 Å². The van der Waals surface area contributed by atoms with Crippen LogP contribution in [0.5, 0.6) is 0 Å². The van der Waals surface area contributed by atoms with E-state index in [2.05, 4.69) is 20.8 Å². The first kappa shape index (κ1) is 16.4. The normalized spacial score (nSPS) is 57.7. The van der Waals surface area contributed by atoms with E-state index < -0.39 is 5.60 Å². The summed E-state index contributed by atoms with van der Waals surface area (Å²) in [6.45, 7) is 6.94. The Morgan fingerprint density at radius 3 is 2.39 bits per heavy atom. The molecule has 1 unspecified atom stereocenters. The second kappa shape index (κ2) is 4.74. The molecule has 0 amide bonds. The summed E-state index contributed by atoms with van der Waals surface area (Å²) in [6.07, 6.45) is 8.39. The largest absolute Gasteiger partial charge is 0.393 e. The van der Waals surface area contributed by atoms with Crippen molar-refractivity contribution >= 4 is 0 Å². The van der Waals surface area contributed by atoms with Gasteiger partial charge in [-0.25, -0.2) is 0 Å². The lowest BCUT2D eigenvalue weighted by molar-refractivity contribution is -0.180. The zero-order chi connectivity index (χ0) is 16.7. The van der Waals surface area contributed by atoms with Crippen LogP contribution < -0.4 is 0 Å². The first-order valence-electron chi connectivity index (χ1n) is 9.69. The van der Waals surface area contributed by atoms with Crippen LogP contribution in [0.4, 0.5) is 0 Å². The summed E-state index contributed by atoms with van der Waals surface area (Å²) in [6, 6.07) is 0. The lowest BCUT2D eigenvalue weighted by atomic mass is 9.41. The highest BCUT2D eigenvalue weighted by atomic mass is 16.3. The topological polar surface area (TPSA) is 60.7 Å². The van der Waals surface area contributed by atoms with Crippen LogP contribution in [0.15, 0.2) is 0 Å². The zero-order valence-electron chi connectivity index (χ0n) is 15.0. The molecule has 0 aliphatic heterocycles.